The Morgan fingerprint density at radius 2 is 1.90 bits per heavy atom. The summed E-state index contributed by atoms with van der Waals surface area (Å²) in [4.78, 5) is 28.8. The topological polar surface area (TPSA) is 140 Å². The fourth-order valence-corrected chi connectivity index (χ4v) is 6.78. The number of piperidine rings is 1. The van der Waals surface area contributed by atoms with Gasteiger partial charge in [0.15, 0.2) is 17.2 Å². The molecular formula is C28H25BrFN9O2. The van der Waals surface area contributed by atoms with Crippen LogP contribution in [0, 0.1) is 5.82 Å². The highest BCUT2D eigenvalue weighted by Crippen LogP contribution is 2.46. The first kappa shape index (κ1) is 25.6. The maximum absolute atomic E-state index is 14.2. The molecule has 1 unspecified atom stereocenters. The second-order valence-corrected chi connectivity index (χ2v) is 11.2. The second kappa shape index (κ2) is 9.91. The Balaban J connectivity index is 1.20. The van der Waals surface area contributed by atoms with Crippen molar-refractivity contribution >= 4 is 33.3 Å². The number of nitrogen functional groups attached to an aromatic ring is 1. The fourth-order valence-electron chi connectivity index (χ4n) is 6.20. The number of H-pyrrole nitrogens is 1. The SMILES string of the molecule is COc1ccc(-c2ccc(-c3cnn4c(N)c(Br)c(C5C[C@H]6CC[C@@H](C5)N6C(=O)c5ncn[nH]5)nc34)cn2)cc1F. The summed E-state index contributed by atoms with van der Waals surface area (Å²) in [5, 5.41) is 11.0. The van der Waals surface area contributed by atoms with Gasteiger partial charge in [-0.25, -0.2) is 14.4 Å². The highest BCUT2D eigenvalue weighted by molar-refractivity contribution is 9.10. The Kier molecular flexibility index (Phi) is 6.18. The molecule has 2 aliphatic heterocycles. The molecule has 1 amide bonds. The van der Waals surface area contributed by atoms with E-state index in [1.165, 1.54) is 19.5 Å². The summed E-state index contributed by atoms with van der Waals surface area (Å²) in [6.45, 7) is 0. The van der Waals surface area contributed by atoms with E-state index in [9.17, 15) is 9.18 Å². The predicted octanol–water partition coefficient (Wildman–Crippen LogP) is 4.62. The smallest absolute Gasteiger partial charge is 0.291 e. The number of carbonyl (C=O) groups is 1. The molecule has 2 fully saturated rings. The quantitative estimate of drug-likeness (QED) is 0.291. The third-order valence-corrected chi connectivity index (χ3v) is 8.95. The van der Waals surface area contributed by atoms with Gasteiger partial charge in [0, 0.05) is 40.9 Å². The number of hydrogen-bond donors (Lipinski definition) is 2. The number of amides is 1. The van der Waals surface area contributed by atoms with Crippen molar-refractivity contribution in [3.05, 3.63) is 70.9 Å². The van der Waals surface area contributed by atoms with E-state index in [4.69, 9.17) is 15.5 Å². The predicted molar refractivity (Wildman–Crippen MR) is 152 cm³/mol. The van der Waals surface area contributed by atoms with Gasteiger partial charge in [-0.1, -0.05) is 6.07 Å². The molecule has 0 aliphatic carbocycles. The summed E-state index contributed by atoms with van der Waals surface area (Å²) >= 11 is 3.69. The largest absolute Gasteiger partial charge is 0.494 e. The van der Waals surface area contributed by atoms with Crippen LogP contribution < -0.4 is 10.5 Å². The molecule has 2 saturated heterocycles. The van der Waals surface area contributed by atoms with Crippen LogP contribution in [-0.4, -0.2) is 64.8 Å². The number of aromatic nitrogens is 7. The number of anilines is 1. The first-order chi connectivity index (χ1) is 19.9. The summed E-state index contributed by atoms with van der Waals surface area (Å²) in [5.41, 5.74) is 10.9. The van der Waals surface area contributed by atoms with Gasteiger partial charge in [0.1, 0.15) is 12.1 Å². The zero-order valence-corrected chi connectivity index (χ0v) is 23.5. The van der Waals surface area contributed by atoms with Crippen molar-refractivity contribution in [3.8, 4) is 28.1 Å². The standard InChI is InChI=1S/C28H25BrFN9O2/c1-41-22-7-3-14(10-20(22)30)21-6-2-15(11-32-21)19-12-35-39-25(31)23(29)24(36-27(19)39)16-8-17-4-5-18(9-16)38(17)28(40)26-33-13-34-37-26/h2-3,6-7,10-13,16-18H,4-5,8-9,31H2,1H3,(H,33,34,37)/t16?,17-,18+. The van der Waals surface area contributed by atoms with Gasteiger partial charge in [-0.3, -0.25) is 14.9 Å². The molecule has 1 aromatic carbocycles. The lowest BCUT2D eigenvalue weighted by Gasteiger charge is -2.38. The third kappa shape index (κ3) is 4.22. The Morgan fingerprint density at radius 1 is 1.12 bits per heavy atom. The number of hydrogen-bond acceptors (Lipinski definition) is 8. The Morgan fingerprint density at radius 3 is 2.56 bits per heavy atom. The van der Waals surface area contributed by atoms with E-state index >= 15 is 0 Å². The molecule has 0 radical (unpaired) electrons. The Labute approximate surface area is 242 Å². The zero-order valence-electron chi connectivity index (χ0n) is 22.0. The number of nitrogens with one attached hydrogen (secondary N) is 1. The molecule has 2 aliphatic rings. The molecule has 5 aromatic rings. The number of nitrogens with two attached hydrogens (primary N) is 1. The van der Waals surface area contributed by atoms with Gasteiger partial charge in [-0.15, -0.1) is 0 Å². The summed E-state index contributed by atoms with van der Waals surface area (Å²) in [5.74, 6) is 0.469. The van der Waals surface area contributed by atoms with Crippen LogP contribution in [0.25, 0.3) is 28.0 Å². The van der Waals surface area contributed by atoms with Crippen LogP contribution in [0.4, 0.5) is 10.2 Å². The molecule has 208 valence electrons. The number of carbonyl (C=O) groups excluding carboxylic acids is 1. The highest BCUT2D eigenvalue weighted by Gasteiger charge is 2.45. The first-order valence-electron chi connectivity index (χ1n) is 13.2. The molecule has 7 rings (SSSR count). The molecule has 41 heavy (non-hydrogen) atoms. The van der Waals surface area contributed by atoms with Crippen molar-refractivity contribution in [1.29, 1.82) is 0 Å². The van der Waals surface area contributed by atoms with Gasteiger partial charge in [0.05, 0.1) is 29.2 Å². The number of methoxy groups -OCH3 is 1. The number of fused-ring (bicyclic) bond motifs is 3. The van der Waals surface area contributed by atoms with E-state index < -0.39 is 5.82 Å². The highest BCUT2D eigenvalue weighted by atomic mass is 79.9. The summed E-state index contributed by atoms with van der Waals surface area (Å²) in [6.07, 6.45) is 8.22. The lowest BCUT2D eigenvalue weighted by molar-refractivity contribution is 0.0557. The number of benzene rings is 1. The van der Waals surface area contributed by atoms with Gasteiger partial charge in [-0.2, -0.15) is 14.7 Å². The Bertz CT molecular complexity index is 1760. The molecule has 3 N–H and O–H groups in total. The minimum atomic E-state index is -0.446. The summed E-state index contributed by atoms with van der Waals surface area (Å²) in [6, 6.07) is 8.68. The van der Waals surface area contributed by atoms with Gasteiger partial charge in [0.25, 0.3) is 5.91 Å². The van der Waals surface area contributed by atoms with Crippen LogP contribution in [0.3, 0.4) is 0 Å². The fraction of sp³-hybridized carbons (Fsp3) is 0.286. The number of aromatic amines is 1. The second-order valence-electron chi connectivity index (χ2n) is 10.4. The van der Waals surface area contributed by atoms with E-state index in [0.717, 1.165) is 42.5 Å². The van der Waals surface area contributed by atoms with Crippen molar-refractivity contribution in [1.82, 2.24) is 39.7 Å². The molecule has 4 aromatic heterocycles. The van der Waals surface area contributed by atoms with Crippen molar-refractivity contribution in [3.63, 3.8) is 0 Å². The molecule has 3 atom stereocenters. The molecular weight excluding hydrogens is 593 g/mol. The van der Waals surface area contributed by atoms with Crippen molar-refractivity contribution in [2.75, 3.05) is 12.8 Å². The Hall–Kier alpha value is -4.39. The van der Waals surface area contributed by atoms with E-state index in [2.05, 4.69) is 41.2 Å². The average molecular weight is 618 g/mol. The number of ether oxygens (including phenoxy) is 1. The average Bonchev–Trinajstić information content (AvgIpc) is 3.73. The monoisotopic (exact) mass is 617 g/mol. The minimum absolute atomic E-state index is 0.0893. The van der Waals surface area contributed by atoms with Crippen molar-refractivity contribution < 1.29 is 13.9 Å². The molecule has 13 heteroatoms. The normalized spacial score (nSPS) is 20.1. The van der Waals surface area contributed by atoms with Gasteiger partial charge < -0.3 is 15.4 Å². The van der Waals surface area contributed by atoms with Crippen molar-refractivity contribution in [2.45, 2.75) is 43.7 Å². The number of rotatable bonds is 5. The molecule has 2 bridgehead atoms. The van der Waals surface area contributed by atoms with Crippen LogP contribution in [0.2, 0.25) is 0 Å². The first-order valence-corrected chi connectivity index (χ1v) is 14.0. The molecule has 0 spiro atoms. The number of pyridine rings is 1. The molecule has 6 heterocycles. The van der Waals surface area contributed by atoms with Gasteiger partial charge in [-0.05, 0) is 65.9 Å². The van der Waals surface area contributed by atoms with Gasteiger partial charge in [0.2, 0.25) is 5.82 Å². The van der Waals surface area contributed by atoms with Crippen molar-refractivity contribution in [2.24, 2.45) is 0 Å². The lowest BCUT2D eigenvalue weighted by atomic mass is 9.87. The van der Waals surface area contributed by atoms with Crippen LogP contribution in [0.5, 0.6) is 5.75 Å². The van der Waals surface area contributed by atoms with Gasteiger partial charge >= 0.3 is 0 Å². The zero-order chi connectivity index (χ0) is 28.2. The maximum atomic E-state index is 14.2. The molecule has 11 nitrogen and oxygen atoms in total. The third-order valence-electron chi connectivity index (χ3n) is 8.14. The lowest BCUT2D eigenvalue weighted by Crippen LogP contribution is -2.46. The minimum Gasteiger partial charge on any atom is -0.494 e. The number of nitrogens with zero attached hydrogens (tertiary/aromatic N) is 7. The van der Waals surface area contributed by atoms with E-state index in [-0.39, 0.29) is 35.5 Å². The van der Waals surface area contributed by atoms with Crippen LogP contribution in [0.15, 0.2) is 53.5 Å². The van der Waals surface area contributed by atoms with Crippen LogP contribution >= 0.6 is 15.9 Å². The van der Waals surface area contributed by atoms with E-state index in [0.29, 0.717) is 27.2 Å². The maximum Gasteiger partial charge on any atom is 0.291 e. The molecule has 0 saturated carbocycles. The van der Waals surface area contributed by atoms with E-state index in [1.807, 2.05) is 17.0 Å². The van der Waals surface area contributed by atoms with Crippen LogP contribution in [0.1, 0.15) is 47.9 Å². The summed E-state index contributed by atoms with van der Waals surface area (Å²) < 4.78 is 21.6. The van der Waals surface area contributed by atoms with E-state index in [1.54, 1.807) is 29.0 Å². The number of halogens is 2. The summed E-state index contributed by atoms with van der Waals surface area (Å²) in [7, 11) is 1.43. The van der Waals surface area contributed by atoms with Crippen LogP contribution in [-0.2, 0) is 0 Å².